The zero-order valence-electron chi connectivity index (χ0n) is 15.3. The molecule has 2 aliphatic rings. The largest absolute Gasteiger partial charge is 0.377 e. The lowest BCUT2D eigenvalue weighted by molar-refractivity contribution is -0.146. The first kappa shape index (κ1) is 18.6. The molecule has 1 amide bonds. The van der Waals surface area contributed by atoms with E-state index < -0.39 is 5.60 Å². The average molecular weight is 390 g/mol. The molecule has 1 atom stereocenters. The molecule has 1 aromatic carbocycles. The minimum atomic E-state index is -0.553. The predicted octanol–water partition coefficient (Wildman–Crippen LogP) is 2.83. The maximum atomic E-state index is 13.2. The average Bonchev–Trinajstić information content (AvgIpc) is 2.99. The van der Waals surface area contributed by atoms with Crippen molar-refractivity contribution in [3.8, 4) is 0 Å². The van der Waals surface area contributed by atoms with E-state index in [-0.39, 0.29) is 18.3 Å². The number of carbonyl (C=O) groups excluding carboxylic acids is 1. The molecular formula is C20H23FN2O3S. The van der Waals surface area contributed by atoms with Crippen LogP contribution in [-0.4, -0.2) is 55.9 Å². The van der Waals surface area contributed by atoms with E-state index in [9.17, 15) is 9.18 Å². The molecule has 3 heterocycles. The van der Waals surface area contributed by atoms with Crippen LogP contribution in [0.15, 0.2) is 36.4 Å². The molecule has 2 fully saturated rings. The maximum Gasteiger partial charge on any atom is 0.253 e. The van der Waals surface area contributed by atoms with Crippen LogP contribution < -0.4 is 4.90 Å². The predicted molar refractivity (Wildman–Crippen MR) is 103 cm³/mol. The van der Waals surface area contributed by atoms with Crippen LogP contribution in [-0.2, 0) is 20.8 Å². The highest BCUT2D eigenvalue weighted by Gasteiger charge is 2.43. The summed E-state index contributed by atoms with van der Waals surface area (Å²) in [6.45, 7) is 5.78. The highest BCUT2D eigenvalue weighted by Crippen LogP contribution is 2.31. The van der Waals surface area contributed by atoms with Gasteiger partial charge in [0.05, 0.1) is 24.8 Å². The van der Waals surface area contributed by atoms with Crippen molar-refractivity contribution in [3.05, 3.63) is 52.7 Å². The number of benzene rings is 1. The van der Waals surface area contributed by atoms with E-state index in [0.29, 0.717) is 32.8 Å². The van der Waals surface area contributed by atoms with Crippen LogP contribution in [0.3, 0.4) is 0 Å². The molecule has 2 aliphatic heterocycles. The second-order valence-electron chi connectivity index (χ2n) is 7.23. The van der Waals surface area contributed by atoms with Gasteiger partial charge < -0.3 is 9.47 Å². The Morgan fingerprint density at radius 3 is 2.74 bits per heavy atom. The van der Waals surface area contributed by atoms with Crippen molar-refractivity contribution in [2.24, 2.45) is 0 Å². The van der Waals surface area contributed by atoms with Crippen molar-refractivity contribution in [1.82, 2.24) is 4.90 Å². The molecule has 0 radical (unpaired) electrons. The molecule has 7 heteroatoms. The van der Waals surface area contributed by atoms with Crippen LogP contribution in [0.5, 0.6) is 0 Å². The van der Waals surface area contributed by atoms with Gasteiger partial charge in [-0.1, -0.05) is 12.1 Å². The van der Waals surface area contributed by atoms with Crippen LogP contribution >= 0.6 is 11.3 Å². The molecule has 0 aliphatic carbocycles. The number of morpholine rings is 1. The summed E-state index contributed by atoms with van der Waals surface area (Å²) >= 11 is 1.61. The summed E-state index contributed by atoms with van der Waals surface area (Å²) in [4.78, 5) is 17.7. The first-order valence-corrected chi connectivity index (χ1v) is 9.90. The Hall–Kier alpha value is -1.80. The van der Waals surface area contributed by atoms with E-state index in [1.54, 1.807) is 23.5 Å². The molecular weight excluding hydrogens is 367 g/mol. The molecule has 1 aromatic heterocycles. The quantitative estimate of drug-likeness (QED) is 0.808. The number of amides is 1. The smallest absolute Gasteiger partial charge is 0.253 e. The Kier molecular flexibility index (Phi) is 5.27. The Bertz CT molecular complexity index is 810. The molecule has 144 valence electrons. The third kappa shape index (κ3) is 4.21. The number of hydrogen-bond donors (Lipinski definition) is 0. The number of hydrogen-bond acceptors (Lipinski definition) is 5. The van der Waals surface area contributed by atoms with Crippen molar-refractivity contribution in [2.75, 3.05) is 44.4 Å². The maximum absolute atomic E-state index is 13.2. The number of aryl methyl sites for hydroxylation is 1. The first-order chi connectivity index (χ1) is 13.0. The van der Waals surface area contributed by atoms with Gasteiger partial charge in [-0.2, -0.15) is 0 Å². The second-order valence-corrected chi connectivity index (χ2v) is 8.49. The van der Waals surface area contributed by atoms with E-state index in [1.807, 2.05) is 24.0 Å². The third-order valence-electron chi connectivity index (χ3n) is 4.99. The summed E-state index contributed by atoms with van der Waals surface area (Å²) in [7, 11) is 0. The summed E-state index contributed by atoms with van der Waals surface area (Å²) in [5, 5.41) is 0.953. The summed E-state index contributed by atoms with van der Waals surface area (Å²) in [6.07, 6.45) is 0. The van der Waals surface area contributed by atoms with Gasteiger partial charge in [0.15, 0.2) is 0 Å². The van der Waals surface area contributed by atoms with E-state index >= 15 is 0 Å². The van der Waals surface area contributed by atoms with Gasteiger partial charge >= 0.3 is 0 Å². The molecule has 5 nitrogen and oxygen atoms in total. The molecule has 0 N–H and O–H groups in total. The van der Waals surface area contributed by atoms with Crippen LogP contribution in [0.1, 0.15) is 10.4 Å². The van der Waals surface area contributed by atoms with Crippen molar-refractivity contribution < 1.29 is 18.7 Å². The SMILES string of the molecule is Cc1ccc(N2C[C@@]3(COCCN(Cc4ccc(F)cc4)C3)OCC2=O)s1. The summed E-state index contributed by atoms with van der Waals surface area (Å²) in [5.74, 6) is -0.248. The molecule has 2 saturated heterocycles. The topological polar surface area (TPSA) is 42.0 Å². The van der Waals surface area contributed by atoms with Crippen molar-refractivity contribution >= 4 is 22.2 Å². The van der Waals surface area contributed by atoms with Gasteiger partial charge in [0.2, 0.25) is 0 Å². The zero-order valence-corrected chi connectivity index (χ0v) is 16.1. The van der Waals surface area contributed by atoms with Gasteiger partial charge in [-0.15, -0.1) is 11.3 Å². The fraction of sp³-hybridized carbons (Fsp3) is 0.450. The van der Waals surface area contributed by atoms with E-state index in [0.717, 1.165) is 17.1 Å². The van der Waals surface area contributed by atoms with Crippen LogP contribution in [0.25, 0.3) is 0 Å². The molecule has 2 aromatic rings. The molecule has 1 spiro atoms. The van der Waals surface area contributed by atoms with E-state index in [4.69, 9.17) is 9.47 Å². The fourth-order valence-corrected chi connectivity index (χ4v) is 4.51. The molecule has 4 rings (SSSR count). The van der Waals surface area contributed by atoms with Gasteiger partial charge in [-0.3, -0.25) is 14.6 Å². The van der Waals surface area contributed by atoms with Crippen molar-refractivity contribution in [1.29, 1.82) is 0 Å². The minimum absolute atomic E-state index is 0.0168. The third-order valence-corrected chi connectivity index (χ3v) is 6.01. The second kappa shape index (κ2) is 7.67. The lowest BCUT2D eigenvalue weighted by Crippen LogP contribution is -2.60. The van der Waals surface area contributed by atoms with Gasteiger partial charge in [0.25, 0.3) is 5.91 Å². The van der Waals surface area contributed by atoms with Crippen molar-refractivity contribution in [2.45, 2.75) is 19.1 Å². The van der Waals surface area contributed by atoms with Gasteiger partial charge in [-0.05, 0) is 36.8 Å². The lowest BCUT2D eigenvalue weighted by Gasteiger charge is -2.42. The van der Waals surface area contributed by atoms with Crippen molar-refractivity contribution in [3.63, 3.8) is 0 Å². The Balaban J connectivity index is 1.51. The van der Waals surface area contributed by atoms with Crippen LogP contribution in [0.2, 0.25) is 0 Å². The van der Waals surface area contributed by atoms with E-state index in [2.05, 4.69) is 4.90 Å². The highest BCUT2D eigenvalue weighted by molar-refractivity contribution is 7.16. The number of ether oxygens (including phenoxy) is 2. The number of halogens is 1. The van der Waals surface area contributed by atoms with Gasteiger partial charge in [0, 0.05) is 24.5 Å². The lowest BCUT2D eigenvalue weighted by atomic mass is 10.0. The zero-order chi connectivity index (χ0) is 18.9. The molecule has 27 heavy (non-hydrogen) atoms. The number of nitrogens with zero attached hydrogens (tertiary/aromatic N) is 2. The normalized spacial score (nSPS) is 24.4. The number of thiophene rings is 1. The molecule has 0 saturated carbocycles. The monoisotopic (exact) mass is 390 g/mol. The summed E-state index contributed by atoms with van der Waals surface area (Å²) in [5.41, 5.74) is 0.494. The highest BCUT2D eigenvalue weighted by atomic mass is 32.1. The van der Waals surface area contributed by atoms with Crippen LogP contribution in [0.4, 0.5) is 9.39 Å². The molecule has 0 unspecified atom stereocenters. The van der Waals surface area contributed by atoms with E-state index in [1.165, 1.54) is 17.0 Å². The first-order valence-electron chi connectivity index (χ1n) is 9.08. The number of carbonyl (C=O) groups is 1. The summed E-state index contributed by atoms with van der Waals surface area (Å²) < 4.78 is 25.0. The molecule has 0 bridgehead atoms. The van der Waals surface area contributed by atoms with Gasteiger partial charge in [0.1, 0.15) is 18.0 Å². The Morgan fingerprint density at radius 2 is 2.00 bits per heavy atom. The van der Waals surface area contributed by atoms with Gasteiger partial charge in [-0.25, -0.2) is 4.39 Å². The standard InChI is InChI=1S/C20H23FN2O3S/c1-15-2-7-19(27-15)23-13-20(26-11-18(23)24)12-22(8-9-25-14-20)10-16-3-5-17(21)6-4-16/h2-7H,8-14H2,1H3/t20-/m0/s1. The number of anilines is 1. The van der Waals surface area contributed by atoms with Crippen LogP contribution in [0, 0.1) is 12.7 Å². The summed E-state index contributed by atoms with van der Waals surface area (Å²) in [6, 6.07) is 10.6. The fourth-order valence-electron chi connectivity index (χ4n) is 3.63. The Labute approximate surface area is 162 Å². The number of rotatable bonds is 3. The minimum Gasteiger partial charge on any atom is -0.377 e. The Morgan fingerprint density at radius 1 is 1.19 bits per heavy atom.